The average Bonchev–Trinajstić information content (AvgIpc) is 3.78. The van der Waals surface area contributed by atoms with Gasteiger partial charge in [0.05, 0.1) is 67.2 Å². The van der Waals surface area contributed by atoms with Crippen molar-refractivity contribution >= 4 is 54.8 Å². The van der Waals surface area contributed by atoms with Gasteiger partial charge in [0, 0.05) is 66.7 Å². The smallest absolute Gasteiger partial charge is 0.264 e. The molecular weight excluding hydrogens is 694 g/mol. The number of nitrogens with zero attached hydrogens (tertiary/aromatic N) is 3. The topological polar surface area (TPSA) is 175 Å². The minimum absolute atomic E-state index is 0.0219. The fourth-order valence-corrected chi connectivity index (χ4v) is 7.62. The van der Waals surface area contributed by atoms with Crippen LogP contribution in [-0.2, 0) is 36.8 Å². The molecule has 14 nitrogen and oxygen atoms in total. The number of aromatic nitrogens is 2. The quantitative estimate of drug-likeness (QED) is 0.203. The number of benzene rings is 2. The number of sulfonamides is 1. The van der Waals surface area contributed by atoms with Crippen LogP contribution < -0.4 is 23.8 Å². The zero-order valence-corrected chi connectivity index (χ0v) is 28.6. The number of rotatable bonds is 10. The van der Waals surface area contributed by atoms with Crippen molar-refractivity contribution in [2.45, 2.75) is 37.8 Å². The second-order valence-corrected chi connectivity index (χ2v) is 14.9. The number of fused-ring (bicyclic) bond motifs is 2. The largest absolute Gasteiger partial charge is 0.492 e. The number of hydrogen-bond donors (Lipinski definition) is 3. The molecule has 2 fully saturated rings. The molecule has 0 radical (unpaired) electrons. The van der Waals surface area contributed by atoms with Crippen molar-refractivity contribution in [2.24, 2.45) is 0 Å². The van der Waals surface area contributed by atoms with Crippen LogP contribution in [0.25, 0.3) is 22.0 Å². The molecule has 2 saturated heterocycles. The zero-order valence-electron chi connectivity index (χ0n) is 26.9. The summed E-state index contributed by atoms with van der Waals surface area (Å²) in [6.45, 7) is 1.92. The number of nitrogens with one attached hydrogen (secondary N) is 2. The Labute approximate surface area is 289 Å². The molecule has 1 unspecified atom stereocenters. The Bertz CT molecular complexity index is 2150. The Morgan fingerprint density at radius 1 is 1.02 bits per heavy atom. The maximum Gasteiger partial charge on any atom is 0.264 e. The molecule has 17 heteroatoms. The van der Waals surface area contributed by atoms with E-state index in [2.05, 4.69) is 15.3 Å². The Hall–Kier alpha value is -4.58. The summed E-state index contributed by atoms with van der Waals surface area (Å²) in [5, 5.41) is 3.13. The number of carbonyl (C=O) groups excluding carboxylic acids is 1. The first kappa shape index (κ1) is 33.9. The lowest BCUT2D eigenvalue weighted by molar-refractivity contribution is 0.0255. The van der Waals surface area contributed by atoms with Gasteiger partial charge in [0.15, 0.2) is 0 Å². The number of halogens is 1. The van der Waals surface area contributed by atoms with E-state index in [1.807, 2.05) is 4.72 Å². The molecule has 3 aliphatic heterocycles. The van der Waals surface area contributed by atoms with Crippen LogP contribution >= 0.6 is 0 Å². The van der Waals surface area contributed by atoms with Gasteiger partial charge < -0.3 is 24.3 Å². The van der Waals surface area contributed by atoms with Crippen LogP contribution in [0.4, 0.5) is 21.5 Å². The first-order valence-electron chi connectivity index (χ1n) is 16.0. The van der Waals surface area contributed by atoms with Gasteiger partial charge in [-0.1, -0.05) is 0 Å². The third kappa shape index (κ3) is 7.17. The number of ether oxygens (including phenoxy) is 4. The molecular formula is C33H34FN5O9S2. The molecule has 2 aromatic carbocycles. The van der Waals surface area contributed by atoms with Gasteiger partial charge in [-0.25, -0.2) is 25.9 Å². The monoisotopic (exact) mass is 727 g/mol. The molecule has 1 atom stereocenters. The van der Waals surface area contributed by atoms with Gasteiger partial charge in [0.2, 0.25) is 20.9 Å². The summed E-state index contributed by atoms with van der Waals surface area (Å²) in [7, 11) is -7.16. The van der Waals surface area contributed by atoms with Crippen LogP contribution in [0.15, 0.2) is 48.9 Å². The number of anilines is 3. The van der Waals surface area contributed by atoms with E-state index >= 15 is 4.39 Å². The summed E-state index contributed by atoms with van der Waals surface area (Å²) in [5.74, 6) is -0.768. The maximum absolute atomic E-state index is 16.5. The molecule has 0 saturated carbocycles. The highest BCUT2D eigenvalue weighted by Crippen LogP contribution is 2.43. The fraction of sp³-hybridized carbons (Fsp3) is 0.364. The van der Waals surface area contributed by atoms with E-state index < -0.39 is 38.7 Å². The minimum atomic E-state index is -3.92. The summed E-state index contributed by atoms with van der Waals surface area (Å²) in [6.07, 6.45) is 7.54. The SMILES string of the molecule is CS(=O)(=O)NC(=O)c1cc(Nc2c(N(C3CCOC3)[SH](=O)=O)cnc3cc(-c4cncc5c4OCC5)cc(F)c23)cc(OC2CCOCC2)c1. The van der Waals surface area contributed by atoms with Gasteiger partial charge in [-0.3, -0.25) is 19.1 Å². The second-order valence-electron chi connectivity index (χ2n) is 12.2. The van der Waals surface area contributed by atoms with Crippen molar-refractivity contribution in [3.05, 3.63) is 65.9 Å². The maximum atomic E-state index is 16.5. The van der Waals surface area contributed by atoms with Crippen molar-refractivity contribution < 1.29 is 45.0 Å². The molecule has 2 N–H and O–H groups in total. The third-order valence-corrected chi connectivity index (χ3v) is 10.1. The van der Waals surface area contributed by atoms with Crippen molar-refractivity contribution in [3.8, 4) is 22.6 Å². The molecule has 4 aromatic rings. The van der Waals surface area contributed by atoms with E-state index in [0.29, 0.717) is 69.0 Å². The lowest BCUT2D eigenvalue weighted by Gasteiger charge is -2.27. The van der Waals surface area contributed by atoms with Crippen molar-refractivity contribution in [1.29, 1.82) is 0 Å². The van der Waals surface area contributed by atoms with E-state index in [9.17, 15) is 21.6 Å². The molecule has 0 bridgehead atoms. The molecule has 0 aliphatic carbocycles. The molecule has 3 aliphatic rings. The van der Waals surface area contributed by atoms with Gasteiger partial charge in [0.25, 0.3) is 5.91 Å². The average molecular weight is 728 g/mol. The van der Waals surface area contributed by atoms with Crippen molar-refractivity contribution in [1.82, 2.24) is 14.7 Å². The Morgan fingerprint density at radius 2 is 1.82 bits per heavy atom. The van der Waals surface area contributed by atoms with Gasteiger partial charge in [-0.05, 0) is 36.2 Å². The molecule has 264 valence electrons. The highest BCUT2D eigenvalue weighted by molar-refractivity contribution is 7.89. The van der Waals surface area contributed by atoms with Crippen LogP contribution in [-0.4, -0.2) is 84.1 Å². The van der Waals surface area contributed by atoms with Gasteiger partial charge in [0.1, 0.15) is 23.4 Å². The summed E-state index contributed by atoms with van der Waals surface area (Å²) >= 11 is 0. The Kier molecular flexibility index (Phi) is 9.47. The predicted octanol–water partition coefficient (Wildman–Crippen LogP) is 3.48. The molecule has 50 heavy (non-hydrogen) atoms. The van der Waals surface area contributed by atoms with Crippen LogP contribution in [0.2, 0.25) is 0 Å². The summed E-state index contributed by atoms with van der Waals surface area (Å²) in [5.41, 5.74) is 2.41. The number of carbonyl (C=O) groups is 1. The minimum Gasteiger partial charge on any atom is -0.492 e. The van der Waals surface area contributed by atoms with Crippen molar-refractivity contribution in [2.75, 3.05) is 48.9 Å². The van der Waals surface area contributed by atoms with Crippen LogP contribution in [0.1, 0.15) is 35.2 Å². The standard InChI is InChI=1S/C33H34FN5O9S2/c1-50(43,44)38-33(40)21-10-22(14-25(11-21)48-24-4-7-45-8-5-24)37-31-29(39(49(41)42)23-3-6-46-18-23)17-36-28-13-20(12-27(34)30(28)31)26-16-35-15-19-2-9-47-32(19)26/h10-17,23-24,49H,2-9,18H2,1H3,(H,36,37)(H,38,40). The highest BCUT2D eigenvalue weighted by atomic mass is 32.2. The first-order chi connectivity index (χ1) is 24.0. The lowest BCUT2D eigenvalue weighted by Crippen LogP contribution is -2.35. The summed E-state index contributed by atoms with van der Waals surface area (Å²) < 4.78 is 92.1. The van der Waals surface area contributed by atoms with E-state index in [-0.39, 0.29) is 52.0 Å². The number of hydrogen-bond acceptors (Lipinski definition) is 12. The molecule has 7 rings (SSSR count). The Morgan fingerprint density at radius 3 is 2.56 bits per heavy atom. The van der Waals surface area contributed by atoms with Gasteiger partial charge in [-0.15, -0.1) is 0 Å². The molecule has 1 amide bonds. The summed E-state index contributed by atoms with van der Waals surface area (Å²) in [6, 6.07) is 6.76. The fourth-order valence-electron chi connectivity index (χ4n) is 6.39. The summed E-state index contributed by atoms with van der Waals surface area (Å²) in [4.78, 5) is 21.9. The van der Waals surface area contributed by atoms with Crippen LogP contribution in [0.3, 0.4) is 0 Å². The normalized spacial score (nSPS) is 17.8. The van der Waals surface area contributed by atoms with Gasteiger partial charge in [-0.2, -0.15) is 0 Å². The van der Waals surface area contributed by atoms with Gasteiger partial charge >= 0.3 is 0 Å². The number of pyridine rings is 2. The predicted molar refractivity (Wildman–Crippen MR) is 183 cm³/mol. The third-order valence-electron chi connectivity index (χ3n) is 8.66. The van der Waals surface area contributed by atoms with E-state index in [1.54, 1.807) is 24.5 Å². The zero-order chi connectivity index (χ0) is 35.0. The molecule has 2 aromatic heterocycles. The lowest BCUT2D eigenvalue weighted by atomic mass is 10.0. The van der Waals surface area contributed by atoms with E-state index in [0.717, 1.165) is 16.1 Å². The molecule has 0 spiro atoms. The van der Waals surface area contributed by atoms with Crippen molar-refractivity contribution in [3.63, 3.8) is 0 Å². The number of thiol groups is 1. The Balaban J connectivity index is 1.38. The molecule has 5 heterocycles. The van der Waals surface area contributed by atoms with E-state index in [4.69, 9.17) is 18.9 Å². The number of amides is 1. The first-order valence-corrected chi connectivity index (χ1v) is 19.0. The van der Waals surface area contributed by atoms with Crippen LogP contribution in [0, 0.1) is 5.82 Å². The van der Waals surface area contributed by atoms with Crippen LogP contribution in [0.5, 0.6) is 11.5 Å². The van der Waals surface area contributed by atoms with E-state index in [1.165, 1.54) is 24.4 Å². The second kappa shape index (κ2) is 14.0. The highest BCUT2D eigenvalue weighted by Gasteiger charge is 2.30.